The summed E-state index contributed by atoms with van der Waals surface area (Å²) in [6.07, 6.45) is 0. The van der Waals surface area contributed by atoms with E-state index in [1.807, 2.05) is 23.6 Å². The molecule has 0 radical (unpaired) electrons. The van der Waals surface area contributed by atoms with Crippen molar-refractivity contribution in [1.29, 1.82) is 0 Å². The molecule has 0 fully saturated rings. The number of hydrogen-bond acceptors (Lipinski definition) is 3. The lowest BCUT2D eigenvalue weighted by molar-refractivity contribution is 0.302. The van der Waals surface area contributed by atoms with E-state index in [-0.39, 0.29) is 23.9 Å². The van der Waals surface area contributed by atoms with E-state index in [0.717, 1.165) is 16.7 Å². The zero-order valence-electron chi connectivity index (χ0n) is 17.8. The fraction of sp³-hybridized carbons (Fsp3) is 0.0769. The van der Waals surface area contributed by atoms with Gasteiger partial charge in [-0.2, -0.15) is 0 Å². The summed E-state index contributed by atoms with van der Waals surface area (Å²) in [5.74, 6) is 0.0300. The summed E-state index contributed by atoms with van der Waals surface area (Å²) in [6.45, 7) is 5.52. The Morgan fingerprint density at radius 2 is 1.91 bits per heavy atom. The summed E-state index contributed by atoms with van der Waals surface area (Å²) < 4.78 is 22.3. The number of benzene rings is 3. The van der Waals surface area contributed by atoms with Crippen LogP contribution in [-0.2, 0) is 6.61 Å². The summed E-state index contributed by atoms with van der Waals surface area (Å²) in [6, 6.07) is 18.7. The molecule has 4 nitrogen and oxygen atoms in total. The number of aryl methyl sites for hydroxylation is 1. The standard InChI is InChI=1S/C26H22ClFNO3P/c1-15-6-8-24(29(15)19-10-17(16(2)30)11-20(31)13-19)21-12-18(27)7-9-25(21)32-14-22-23(28)4-3-5-26(22)33/h3-13,30-31H,2,14,33H2,1H3. The predicted octanol–water partition coefficient (Wildman–Crippen LogP) is 6.56. The first kappa shape index (κ1) is 22.9. The topological polar surface area (TPSA) is 54.6 Å². The molecule has 0 spiro atoms. The van der Waals surface area contributed by atoms with Crippen LogP contribution in [0.25, 0.3) is 22.7 Å². The Morgan fingerprint density at radius 3 is 2.64 bits per heavy atom. The van der Waals surface area contributed by atoms with Crippen molar-refractivity contribution in [2.75, 3.05) is 0 Å². The van der Waals surface area contributed by atoms with Gasteiger partial charge in [0.2, 0.25) is 0 Å². The number of halogens is 2. The molecule has 2 N–H and O–H groups in total. The maximum absolute atomic E-state index is 14.3. The number of aromatic nitrogens is 1. The monoisotopic (exact) mass is 481 g/mol. The minimum absolute atomic E-state index is 0.00755. The van der Waals surface area contributed by atoms with Gasteiger partial charge in [0, 0.05) is 33.5 Å². The quantitative estimate of drug-likeness (QED) is 0.242. The highest BCUT2D eigenvalue weighted by atomic mass is 35.5. The highest BCUT2D eigenvalue weighted by Gasteiger charge is 2.17. The van der Waals surface area contributed by atoms with Crippen LogP contribution in [0.3, 0.4) is 0 Å². The molecule has 0 saturated heterocycles. The Bertz CT molecular complexity index is 1350. The van der Waals surface area contributed by atoms with Crippen molar-refractivity contribution in [1.82, 2.24) is 4.57 Å². The molecule has 3 aromatic carbocycles. The normalized spacial score (nSPS) is 10.9. The van der Waals surface area contributed by atoms with E-state index in [4.69, 9.17) is 16.3 Å². The minimum Gasteiger partial charge on any atom is -0.508 e. The summed E-state index contributed by atoms with van der Waals surface area (Å²) in [4.78, 5) is 0. The molecule has 0 aliphatic carbocycles. The Kier molecular flexibility index (Phi) is 6.46. The average Bonchev–Trinajstić information content (AvgIpc) is 3.15. The van der Waals surface area contributed by atoms with Crippen LogP contribution in [-0.4, -0.2) is 14.8 Å². The van der Waals surface area contributed by atoms with Crippen LogP contribution in [0, 0.1) is 12.7 Å². The van der Waals surface area contributed by atoms with E-state index in [1.165, 1.54) is 12.1 Å². The molecule has 33 heavy (non-hydrogen) atoms. The lowest BCUT2D eigenvalue weighted by Crippen LogP contribution is -2.09. The van der Waals surface area contributed by atoms with Gasteiger partial charge in [0.05, 0.1) is 11.4 Å². The molecule has 0 aliphatic rings. The zero-order chi connectivity index (χ0) is 23.7. The SMILES string of the molecule is C=C(O)c1cc(O)cc(-n2c(C)ccc2-c2cc(Cl)ccc2OCc2c(F)cccc2P)c1. The maximum Gasteiger partial charge on any atom is 0.130 e. The third-order valence-corrected chi connectivity index (χ3v) is 6.09. The summed E-state index contributed by atoms with van der Waals surface area (Å²) >= 11 is 6.32. The average molecular weight is 482 g/mol. The van der Waals surface area contributed by atoms with Gasteiger partial charge in [0.1, 0.15) is 29.7 Å². The van der Waals surface area contributed by atoms with Gasteiger partial charge in [-0.1, -0.05) is 30.3 Å². The molecule has 4 aromatic rings. The number of phenolic OH excluding ortho intramolecular Hbond substituents is 1. The largest absolute Gasteiger partial charge is 0.508 e. The van der Waals surface area contributed by atoms with Crippen molar-refractivity contribution in [3.63, 3.8) is 0 Å². The van der Waals surface area contributed by atoms with Crippen molar-refractivity contribution in [2.45, 2.75) is 13.5 Å². The van der Waals surface area contributed by atoms with E-state index < -0.39 is 0 Å². The Hall–Kier alpha value is -3.27. The van der Waals surface area contributed by atoms with E-state index in [2.05, 4.69) is 15.8 Å². The molecule has 0 bridgehead atoms. The van der Waals surface area contributed by atoms with Gasteiger partial charge in [0.15, 0.2) is 0 Å². The van der Waals surface area contributed by atoms with Crippen LogP contribution in [0.15, 0.2) is 73.3 Å². The predicted molar refractivity (Wildman–Crippen MR) is 134 cm³/mol. The maximum atomic E-state index is 14.3. The molecule has 0 aliphatic heterocycles. The fourth-order valence-corrected chi connectivity index (χ4v) is 4.19. The molecule has 7 heteroatoms. The first-order valence-electron chi connectivity index (χ1n) is 10.1. The van der Waals surface area contributed by atoms with Crippen LogP contribution < -0.4 is 10.0 Å². The van der Waals surface area contributed by atoms with E-state index in [9.17, 15) is 14.6 Å². The second-order valence-electron chi connectivity index (χ2n) is 7.62. The van der Waals surface area contributed by atoms with Crippen molar-refractivity contribution in [3.05, 3.63) is 101 Å². The first-order valence-corrected chi connectivity index (χ1v) is 11.1. The van der Waals surface area contributed by atoms with Crippen LogP contribution in [0.1, 0.15) is 16.8 Å². The number of aromatic hydroxyl groups is 1. The highest BCUT2D eigenvalue weighted by molar-refractivity contribution is 7.27. The zero-order valence-corrected chi connectivity index (χ0v) is 19.8. The summed E-state index contributed by atoms with van der Waals surface area (Å²) in [5, 5.41) is 21.3. The number of rotatable bonds is 6. The number of nitrogens with zero attached hydrogens (tertiary/aromatic N) is 1. The van der Waals surface area contributed by atoms with E-state index >= 15 is 0 Å². The molecule has 1 atom stereocenters. The molecule has 4 rings (SSSR count). The third-order valence-electron chi connectivity index (χ3n) is 5.31. The summed E-state index contributed by atoms with van der Waals surface area (Å²) in [7, 11) is 2.52. The minimum atomic E-state index is -0.339. The number of phenols is 1. The molecule has 1 unspecified atom stereocenters. The Labute approximate surface area is 198 Å². The second kappa shape index (κ2) is 9.30. The second-order valence-corrected chi connectivity index (χ2v) is 8.68. The molecule has 1 aromatic heterocycles. The van der Waals surface area contributed by atoms with Crippen molar-refractivity contribution in [3.8, 4) is 28.4 Å². The Balaban J connectivity index is 1.80. The van der Waals surface area contributed by atoms with E-state index in [1.54, 1.807) is 42.5 Å². The lowest BCUT2D eigenvalue weighted by Gasteiger charge is -2.17. The van der Waals surface area contributed by atoms with Gasteiger partial charge in [-0.3, -0.25) is 0 Å². The number of hydrogen-bond donors (Lipinski definition) is 2. The van der Waals surface area contributed by atoms with E-state index in [0.29, 0.717) is 33.1 Å². The number of ether oxygens (including phenoxy) is 1. The fourth-order valence-electron chi connectivity index (χ4n) is 3.69. The summed E-state index contributed by atoms with van der Waals surface area (Å²) in [5.41, 5.74) is 3.82. The molecule has 0 amide bonds. The van der Waals surface area contributed by atoms with Gasteiger partial charge in [-0.25, -0.2) is 4.39 Å². The van der Waals surface area contributed by atoms with Gasteiger partial charge in [0.25, 0.3) is 0 Å². The van der Waals surface area contributed by atoms with Crippen molar-refractivity contribution >= 4 is 31.9 Å². The third kappa shape index (κ3) is 4.75. The molecular formula is C26H22ClFNO3P. The molecule has 168 valence electrons. The van der Waals surface area contributed by atoms with Crippen molar-refractivity contribution in [2.24, 2.45) is 0 Å². The van der Waals surface area contributed by atoms with Crippen LogP contribution in [0.5, 0.6) is 11.5 Å². The first-order chi connectivity index (χ1) is 15.7. The molecule has 0 saturated carbocycles. The number of aliphatic hydroxyl groups is 1. The van der Waals surface area contributed by atoms with Gasteiger partial charge >= 0.3 is 0 Å². The van der Waals surface area contributed by atoms with Gasteiger partial charge < -0.3 is 19.5 Å². The van der Waals surface area contributed by atoms with Crippen LogP contribution >= 0.6 is 20.8 Å². The van der Waals surface area contributed by atoms with Crippen LogP contribution in [0.2, 0.25) is 5.02 Å². The lowest BCUT2D eigenvalue weighted by atomic mass is 10.1. The molecule has 1 heterocycles. The number of aliphatic hydroxyl groups excluding tert-OH is 1. The van der Waals surface area contributed by atoms with Crippen molar-refractivity contribution < 1.29 is 19.3 Å². The smallest absolute Gasteiger partial charge is 0.130 e. The van der Waals surface area contributed by atoms with Gasteiger partial charge in [-0.05, 0) is 60.8 Å². The van der Waals surface area contributed by atoms with Crippen LogP contribution in [0.4, 0.5) is 4.39 Å². The van der Waals surface area contributed by atoms with Gasteiger partial charge in [-0.15, -0.1) is 9.24 Å². The molecular weight excluding hydrogens is 460 g/mol. The highest BCUT2D eigenvalue weighted by Crippen LogP contribution is 2.37. The Morgan fingerprint density at radius 1 is 1.12 bits per heavy atom.